The van der Waals surface area contributed by atoms with Crippen molar-refractivity contribution < 1.29 is 9.53 Å². The molecule has 0 radical (unpaired) electrons. The van der Waals surface area contributed by atoms with E-state index < -0.39 is 0 Å². The minimum Gasteiger partial charge on any atom is -0.494 e. The molecule has 5 heteroatoms. The van der Waals surface area contributed by atoms with Crippen molar-refractivity contribution in [2.24, 2.45) is 0 Å². The van der Waals surface area contributed by atoms with Crippen LogP contribution in [-0.2, 0) is 17.8 Å². The van der Waals surface area contributed by atoms with Gasteiger partial charge in [-0.1, -0.05) is 18.2 Å². The number of carbonyl (C=O) groups excluding carboxylic acids is 1. The molecule has 0 bridgehead atoms. The molecule has 0 saturated carbocycles. The molecule has 1 N–H and O–H groups in total. The second kappa shape index (κ2) is 10.1. The van der Waals surface area contributed by atoms with E-state index in [-0.39, 0.29) is 11.9 Å². The fourth-order valence-corrected chi connectivity index (χ4v) is 3.55. The van der Waals surface area contributed by atoms with Crippen molar-refractivity contribution in [1.29, 1.82) is 0 Å². The third-order valence-electron chi connectivity index (χ3n) is 4.95. The molecule has 1 saturated heterocycles. The minimum atomic E-state index is 0.164. The highest BCUT2D eigenvalue weighted by molar-refractivity contribution is 5.79. The lowest BCUT2D eigenvalue weighted by molar-refractivity contribution is -0.133. The van der Waals surface area contributed by atoms with E-state index in [9.17, 15) is 4.79 Å². The molecule has 1 atom stereocenters. The summed E-state index contributed by atoms with van der Waals surface area (Å²) in [7, 11) is 0. The molecule has 1 aliphatic rings. The first-order chi connectivity index (χ1) is 13.3. The van der Waals surface area contributed by atoms with E-state index in [1.165, 1.54) is 0 Å². The van der Waals surface area contributed by atoms with Gasteiger partial charge in [0.2, 0.25) is 5.91 Å². The van der Waals surface area contributed by atoms with Gasteiger partial charge in [-0.25, -0.2) is 0 Å². The highest BCUT2D eigenvalue weighted by Gasteiger charge is 2.25. The molecule has 1 aromatic carbocycles. The number of nitrogens with zero attached hydrogens (tertiary/aromatic N) is 2. The molecule has 2 heterocycles. The van der Waals surface area contributed by atoms with Gasteiger partial charge in [0, 0.05) is 12.2 Å². The molecular formula is C22H29N3O2. The van der Waals surface area contributed by atoms with E-state index >= 15 is 0 Å². The van der Waals surface area contributed by atoms with Gasteiger partial charge < -0.3 is 15.0 Å². The van der Waals surface area contributed by atoms with Crippen LogP contribution in [0.5, 0.6) is 5.75 Å². The first-order valence-electron chi connectivity index (χ1n) is 9.88. The van der Waals surface area contributed by atoms with Crippen LogP contribution in [0.4, 0.5) is 0 Å². The number of pyridine rings is 1. The third kappa shape index (κ3) is 5.79. The molecule has 144 valence electrons. The lowest BCUT2D eigenvalue weighted by Crippen LogP contribution is -2.41. The quantitative estimate of drug-likeness (QED) is 0.817. The number of rotatable bonds is 7. The zero-order chi connectivity index (χ0) is 18.9. The molecule has 1 aromatic heterocycles. The molecular weight excluding hydrogens is 338 g/mol. The van der Waals surface area contributed by atoms with Gasteiger partial charge in [-0.3, -0.25) is 9.78 Å². The Morgan fingerprint density at radius 2 is 2.04 bits per heavy atom. The summed E-state index contributed by atoms with van der Waals surface area (Å²) in [6.07, 6.45) is 5.32. The van der Waals surface area contributed by atoms with Gasteiger partial charge in [0.25, 0.3) is 0 Å². The number of aromatic nitrogens is 1. The summed E-state index contributed by atoms with van der Waals surface area (Å²) in [5, 5.41) is 3.44. The summed E-state index contributed by atoms with van der Waals surface area (Å²) < 4.78 is 5.49. The molecule has 1 unspecified atom stereocenters. The van der Waals surface area contributed by atoms with E-state index in [0.29, 0.717) is 19.6 Å². The maximum absolute atomic E-state index is 13.2. The minimum absolute atomic E-state index is 0.164. The predicted molar refractivity (Wildman–Crippen MR) is 107 cm³/mol. The smallest absolute Gasteiger partial charge is 0.227 e. The highest BCUT2D eigenvalue weighted by Crippen LogP contribution is 2.19. The standard InChI is InChI=1S/C22H29N3O2/c1-2-27-21-10-8-18(9-11-21)16-22(26)25(17-19-6-3-4-14-24-19)20-7-5-13-23-15-12-20/h3-4,6,8-11,14,20,23H,2,5,7,12-13,15-17H2,1H3. The summed E-state index contributed by atoms with van der Waals surface area (Å²) >= 11 is 0. The lowest BCUT2D eigenvalue weighted by atomic mass is 10.0. The summed E-state index contributed by atoms with van der Waals surface area (Å²) in [6.45, 7) is 5.17. The number of carbonyl (C=O) groups is 1. The van der Waals surface area contributed by atoms with Crippen molar-refractivity contribution in [3.8, 4) is 5.75 Å². The second-order valence-electron chi connectivity index (χ2n) is 6.93. The van der Waals surface area contributed by atoms with Gasteiger partial charge in [0.05, 0.1) is 25.3 Å². The molecule has 1 amide bonds. The largest absolute Gasteiger partial charge is 0.494 e. The SMILES string of the molecule is CCOc1ccc(CC(=O)N(Cc2ccccn2)C2CCCNCC2)cc1. The number of nitrogens with one attached hydrogen (secondary N) is 1. The normalized spacial score (nSPS) is 17.1. The van der Waals surface area contributed by atoms with Crippen molar-refractivity contribution in [3.05, 3.63) is 59.9 Å². The first-order valence-corrected chi connectivity index (χ1v) is 9.88. The molecule has 5 nitrogen and oxygen atoms in total. The van der Waals surface area contributed by atoms with Crippen LogP contribution in [0, 0.1) is 0 Å². The van der Waals surface area contributed by atoms with Gasteiger partial charge >= 0.3 is 0 Å². The van der Waals surface area contributed by atoms with Gasteiger partial charge in [-0.2, -0.15) is 0 Å². The van der Waals surface area contributed by atoms with Crippen molar-refractivity contribution >= 4 is 5.91 Å². The van der Waals surface area contributed by atoms with Crippen molar-refractivity contribution in [3.63, 3.8) is 0 Å². The van der Waals surface area contributed by atoms with E-state index in [2.05, 4.69) is 10.3 Å². The van der Waals surface area contributed by atoms with E-state index in [1.807, 2.05) is 54.3 Å². The van der Waals surface area contributed by atoms with Crippen LogP contribution in [0.3, 0.4) is 0 Å². The Bertz CT molecular complexity index is 695. The fraction of sp³-hybridized carbons (Fsp3) is 0.455. The number of hydrogen-bond acceptors (Lipinski definition) is 4. The van der Waals surface area contributed by atoms with Crippen LogP contribution in [-0.4, -0.2) is 41.5 Å². The van der Waals surface area contributed by atoms with Crippen molar-refractivity contribution in [1.82, 2.24) is 15.2 Å². The average molecular weight is 367 g/mol. The summed E-state index contributed by atoms with van der Waals surface area (Å²) in [5.41, 5.74) is 1.95. The first kappa shape index (κ1) is 19.4. The van der Waals surface area contributed by atoms with Gasteiger partial charge in [0.15, 0.2) is 0 Å². The maximum Gasteiger partial charge on any atom is 0.227 e. The topological polar surface area (TPSA) is 54.5 Å². The molecule has 0 spiro atoms. The number of benzene rings is 1. The zero-order valence-corrected chi connectivity index (χ0v) is 16.1. The maximum atomic E-state index is 13.2. The van der Waals surface area contributed by atoms with Crippen LogP contribution in [0.1, 0.15) is 37.4 Å². The Morgan fingerprint density at radius 3 is 2.78 bits per heavy atom. The van der Waals surface area contributed by atoms with Crippen LogP contribution in [0.2, 0.25) is 0 Å². The number of amides is 1. The molecule has 2 aromatic rings. The van der Waals surface area contributed by atoms with Gasteiger partial charge in [-0.05, 0) is 69.1 Å². The van der Waals surface area contributed by atoms with Crippen LogP contribution in [0.25, 0.3) is 0 Å². The van der Waals surface area contributed by atoms with Gasteiger partial charge in [-0.15, -0.1) is 0 Å². The highest BCUT2D eigenvalue weighted by atomic mass is 16.5. The van der Waals surface area contributed by atoms with Crippen LogP contribution in [0.15, 0.2) is 48.7 Å². The summed E-state index contributed by atoms with van der Waals surface area (Å²) in [5.74, 6) is 1.01. The monoisotopic (exact) mass is 367 g/mol. The van der Waals surface area contributed by atoms with E-state index in [0.717, 1.165) is 49.4 Å². The van der Waals surface area contributed by atoms with Crippen molar-refractivity contribution in [2.45, 2.75) is 45.2 Å². The Labute approximate surface area is 161 Å². The molecule has 1 fully saturated rings. The third-order valence-corrected chi connectivity index (χ3v) is 4.95. The Morgan fingerprint density at radius 1 is 1.19 bits per heavy atom. The summed E-state index contributed by atoms with van der Waals surface area (Å²) in [4.78, 5) is 19.7. The zero-order valence-electron chi connectivity index (χ0n) is 16.1. The van der Waals surface area contributed by atoms with Crippen LogP contribution < -0.4 is 10.1 Å². The van der Waals surface area contributed by atoms with E-state index in [1.54, 1.807) is 6.20 Å². The van der Waals surface area contributed by atoms with Crippen molar-refractivity contribution in [2.75, 3.05) is 19.7 Å². The van der Waals surface area contributed by atoms with E-state index in [4.69, 9.17) is 4.74 Å². The molecule has 27 heavy (non-hydrogen) atoms. The predicted octanol–water partition coefficient (Wildman–Crippen LogP) is 3.19. The Hall–Kier alpha value is -2.40. The number of ether oxygens (including phenoxy) is 1. The Kier molecular flexibility index (Phi) is 7.22. The van der Waals surface area contributed by atoms with Crippen LogP contribution >= 0.6 is 0 Å². The molecule has 3 rings (SSSR count). The second-order valence-corrected chi connectivity index (χ2v) is 6.93. The molecule has 1 aliphatic heterocycles. The fourth-order valence-electron chi connectivity index (χ4n) is 3.55. The average Bonchev–Trinajstić information content (AvgIpc) is 2.98. The number of hydrogen-bond donors (Lipinski definition) is 1. The lowest BCUT2D eigenvalue weighted by Gasteiger charge is -2.31. The molecule has 0 aliphatic carbocycles. The van der Waals surface area contributed by atoms with Gasteiger partial charge in [0.1, 0.15) is 5.75 Å². The summed E-state index contributed by atoms with van der Waals surface area (Å²) in [6, 6.07) is 14.0. The Balaban J connectivity index is 1.72.